The molecule has 4 rings (SSSR count). The molecule has 242 valence electrons. The molecule has 2 saturated heterocycles. The van der Waals surface area contributed by atoms with Crippen molar-refractivity contribution in [1.29, 1.82) is 0 Å². The van der Waals surface area contributed by atoms with Crippen LogP contribution in [0.2, 0.25) is 5.02 Å². The highest BCUT2D eigenvalue weighted by molar-refractivity contribution is 6.35. The molecule has 7 atom stereocenters. The molecule has 2 fully saturated rings. The molecule has 1 aromatic rings. The number of carbonyl (C=O) groups excluding carboxylic acids is 3. The lowest BCUT2D eigenvalue weighted by molar-refractivity contribution is -0.153. The van der Waals surface area contributed by atoms with E-state index in [0.29, 0.717) is 24.3 Å². The number of anilines is 1. The van der Waals surface area contributed by atoms with Crippen LogP contribution in [0.3, 0.4) is 0 Å². The number of carbonyl (C=O) groups is 3. The second-order valence-corrected chi connectivity index (χ2v) is 12.4. The fourth-order valence-corrected chi connectivity index (χ4v) is 6.34. The van der Waals surface area contributed by atoms with Gasteiger partial charge in [-0.3, -0.25) is 14.9 Å². The summed E-state index contributed by atoms with van der Waals surface area (Å²) in [6.45, 7) is 7.41. The SMILES string of the molecule is CCCC(=O)OC1CC(=O)N(C)c2cc(cc(OC)c2Cl)C/C(C)=C/C=C/C(OC)[C@@]2(O)C[C@H](OC(=O)N2)[C@@H](C)[C@@H]2O[C@@]12C. The Morgan fingerprint density at radius 1 is 1.27 bits per heavy atom. The van der Waals surface area contributed by atoms with Crippen LogP contribution in [-0.4, -0.2) is 80.1 Å². The summed E-state index contributed by atoms with van der Waals surface area (Å²) in [7, 11) is 4.57. The Balaban J connectivity index is 1.79. The van der Waals surface area contributed by atoms with Crippen LogP contribution in [-0.2, 0) is 35.0 Å². The zero-order chi connectivity index (χ0) is 32.4. The number of ether oxygens (including phenoxy) is 5. The van der Waals surface area contributed by atoms with Crippen LogP contribution < -0.4 is 15.0 Å². The van der Waals surface area contributed by atoms with Crippen molar-refractivity contribution in [2.24, 2.45) is 5.92 Å². The molecule has 0 spiro atoms. The van der Waals surface area contributed by atoms with Gasteiger partial charge in [0.2, 0.25) is 5.91 Å². The number of amides is 2. The van der Waals surface area contributed by atoms with Gasteiger partial charge in [0.1, 0.15) is 34.7 Å². The van der Waals surface area contributed by atoms with E-state index < -0.39 is 53.7 Å². The third-order valence-corrected chi connectivity index (χ3v) is 9.06. The van der Waals surface area contributed by atoms with Gasteiger partial charge in [-0.05, 0) is 44.4 Å². The van der Waals surface area contributed by atoms with Gasteiger partial charge >= 0.3 is 12.1 Å². The van der Waals surface area contributed by atoms with E-state index in [0.717, 1.165) is 11.1 Å². The molecule has 11 nitrogen and oxygen atoms in total. The number of hydrogen-bond donors (Lipinski definition) is 2. The smallest absolute Gasteiger partial charge is 0.409 e. The van der Waals surface area contributed by atoms with Crippen LogP contribution >= 0.6 is 11.6 Å². The number of alkyl carbamates (subject to hydrolysis) is 1. The number of allylic oxidation sites excluding steroid dienone is 3. The van der Waals surface area contributed by atoms with Gasteiger partial charge in [-0.2, -0.15) is 0 Å². The van der Waals surface area contributed by atoms with E-state index in [1.165, 1.54) is 19.1 Å². The van der Waals surface area contributed by atoms with Gasteiger partial charge in [0.05, 0.1) is 25.3 Å². The van der Waals surface area contributed by atoms with Crippen LogP contribution in [0, 0.1) is 5.92 Å². The Labute approximate surface area is 263 Å². The molecule has 2 unspecified atom stereocenters. The molecule has 2 N–H and O–H groups in total. The summed E-state index contributed by atoms with van der Waals surface area (Å²) < 4.78 is 28.8. The standard InChI is InChI=1S/C32H43ClN2O9/c1-8-10-27(37)43-25-16-26(36)35(5)21-14-20(15-22(40-6)28(21)33)13-18(2)11-9-12-24(41-7)32(39)17-23(42-30(38)34-32)19(3)29-31(25,4)44-29/h9,11-12,14-15,19,23-25,29,39H,8,10,13,16-17H2,1-7H3,(H,34,38)/b12-9+,18-11+/t19-,23+,24?,25?,29+,31+,32+/m1/s1. The lowest BCUT2D eigenvalue weighted by Gasteiger charge is -2.42. The van der Waals surface area contributed by atoms with E-state index in [1.54, 1.807) is 26.1 Å². The summed E-state index contributed by atoms with van der Waals surface area (Å²) in [5.41, 5.74) is -0.561. The van der Waals surface area contributed by atoms with Gasteiger partial charge in [-0.25, -0.2) is 4.79 Å². The number of benzene rings is 1. The molecular formula is C32H43ClN2O9. The topological polar surface area (TPSA) is 136 Å². The predicted octanol–water partition coefficient (Wildman–Crippen LogP) is 4.47. The van der Waals surface area contributed by atoms with Gasteiger partial charge in [0, 0.05) is 32.9 Å². The third-order valence-electron chi connectivity index (χ3n) is 8.68. The van der Waals surface area contributed by atoms with Crippen LogP contribution in [0.5, 0.6) is 5.75 Å². The molecule has 3 aliphatic rings. The van der Waals surface area contributed by atoms with E-state index >= 15 is 0 Å². The quantitative estimate of drug-likeness (QED) is 0.355. The average Bonchev–Trinajstić information content (AvgIpc) is 3.66. The van der Waals surface area contributed by atoms with Gasteiger partial charge in [-0.1, -0.05) is 49.2 Å². The van der Waals surface area contributed by atoms with Crippen molar-refractivity contribution in [3.63, 3.8) is 0 Å². The number of nitrogens with one attached hydrogen (secondary N) is 1. The molecule has 2 amide bonds. The Morgan fingerprint density at radius 2 is 2.00 bits per heavy atom. The Morgan fingerprint density at radius 3 is 2.66 bits per heavy atom. The second-order valence-electron chi connectivity index (χ2n) is 12.0. The summed E-state index contributed by atoms with van der Waals surface area (Å²) in [4.78, 5) is 40.6. The van der Waals surface area contributed by atoms with E-state index in [2.05, 4.69) is 5.32 Å². The summed E-state index contributed by atoms with van der Waals surface area (Å²) >= 11 is 6.68. The van der Waals surface area contributed by atoms with E-state index in [1.807, 2.05) is 39.0 Å². The fourth-order valence-electron chi connectivity index (χ4n) is 6.03. The highest BCUT2D eigenvalue weighted by Crippen LogP contribution is 2.49. The monoisotopic (exact) mass is 634 g/mol. The Bertz CT molecular complexity index is 1330. The maximum atomic E-state index is 13.8. The molecule has 0 aliphatic carbocycles. The maximum Gasteiger partial charge on any atom is 0.409 e. The predicted molar refractivity (Wildman–Crippen MR) is 164 cm³/mol. The first-order valence-electron chi connectivity index (χ1n) is 14.8. The summed E-state index contributed by atoms with van der Waals surface area (Å²) in [6.07, 6.45) is 2.47. The number of epoxide rings is 1. The van der Waals surface area contributed by atoms with Crippen molar-refractivity contribution in [2.75, 3.05) is 26.2 Å². The minimum absolute atomic E-state index is 0.00742. The van der Waals surface area contributed by atoms with E-state index in [4.69, 9.17) is 35.3 Å². The Hall–Kier alpha value is -3.12. The van der Waals surface area contributed by atoms with Gasteiger partial charge in [0.25, 0.3) is 0 Å². The lowest BCUT2D eigenvalue weighted by Crippen LogP contribution is -2.63. The number of aliphatic hydroxyl groups is 1. The van der Waals surface area contributed by atoms with Crippen molar-refractivity contribution in [3.8, 4) is 5.75 Å². The first kappa shape index (κ1) is 33.8. The van der Waals surface area contributed by atoms with Crippen molar-refractivity contribution >= 4 is 35.3 Å². The van der Waals surface area contributed by atoms with Crippen molar-refractivity contribution in [2.45, 2.75) is 95.5 Å². The van der Waals surface area contributed by atoms with Crippen LogP contribution in [0.1, 0.15) is 58.9 Å². The first-order chi connectivity index (χ1) is 20.8. The zero-order valence-electron chi connectivity index (χ0n) is 26.3. The number of fused-ring (bicyclic) bond motifs is 5. The number of halogens is 1. The molecular weight excluding hydrogens is 592 g/mol. The van der Waals surface area contributed by atoms with Gasteiger partial charge < -0.3 is 33.7 Å². The summed E-state index contributed by atoms with van der Waals surface area (Å²) in [6, 6.07) is 3.64. The summed E-state index contributed by atoms with van der Waals surface area (Å²) in [5.74, 6) is -0.813. The molecule has 4 bridgehead atoms. The van der Waals surface area contributed by atoms with E-state index in [-0.39, 0.29) is 30.2 Å². The molecule has 0 aromatic heterocycles. The van der Waals surface area contributed by atoms with Crippen LogP contribution in [0.25, 0.3) is 0 Å². The second kappa shape index (κ2) is 13.5. The molecule has 12 heteroatoms. The third kappa shape index (κ3) is 7.06. The minimum atomic E-state index is -1.76. The largest absolute Gasteiger partial charge is 0.495 e. The number of rotatable bonds is 5. The van der Waals surface area contributed by atoms with Gasteiger partial charge in [0.15, 0.2) is 5.72 Å². The normalized spacial score (nSPS) is 34.5. The molecule has 44 heavy (non-hydrogen) atoms. The minimum Gasteiger partial charge on any atom is -0.495 e. The lowest BCUT2D eigenvalue weighted by atomic mass is 9.83. The average molecular weight is 635 g/mol. The highest BCUT2D eigenvalue weighted by Gasteiger charge is 2.64. The molecule has 3 aliphatic heterocycles. The molecule has 3 heterocycles. The molecule has 0 radical (unpaired) electrons. The Kier molecular flexibility index (Phi) is 10.3. The molecule has 1 aromatic carbocycles. The van der Waals surface area contributed by atoms with E-state index in [9.17, 15) is 19.5 Å². The van der Waals surface area contributed by atoms with Crippen LogP contribution in [0.15, 0.2) is 35.9 Å². The van der Waals surface area contributed by atoms with Crippen molar-refractivity contribution < 1.29 is 43.2 Å². The van der Waals surface area contributed by atoms with Gasteiger partial charge in [-0.15, -0.1) is 0 Å². The summed E-state index contributed by atoms with van der Waals surface area (Å²) in [5, 5.41) is 14.4. The zero-order valence-corrected chi connectivity index (χ0v) is 27.1. The number of methoxy groups -OCH3 is 2. The molecule has 0 saturated carbocycles. The maximum absolute atomic E-state index is 13.8. The first-order valence-corrected chi connectivity index (χ1v) is 15.2. The number of nitrogens with zero attached hydrogens (tertiary/aromatic N) is 1. The number of esters is 1. The fraction of sp³-hybridized carbons (Fsp3) is 0.594. The number of hydrogen-bond acceptors (Lipinski definition) is 9. The highest BCUT2D eigenvalue weighted by atomic mass is 35.5. The van der Waals surface area contributed by atoms with Crippen molar-refractivity contribution in [1.82, 2.24) is 5.32 Å². The van der Waals surface area contributed by atoms with Crippen LogP contribution in [0.4, 0.5) is 10.5 Å². The van der Waals surface area contributed by atoms with Crippen molar-refractivity contribution in [3.05, 3.63) is 46.5 Å².